The van der Waals surface area contributed by atoms with Crippen LogP contribution in [0.3, 0.4) is 0 Å². The predicted molar refractivity (Wildman–Crippen MR) is 169 cm³/mol. The highest BCUT2D eigenvalue weighted by Gasteiger charge is 2.21. The maximum absolute atomic E-state index is 13.4. The van der Waals surface area contributed by atoms with Gasteiger partial charge in [0.2, 0.25) is 0 Å². The zero-order chi connectivity index (χ0) is 29.3. The zero-order valence-corrected chi connectivity index (χ0v) is 25.3. The number of nitrogens with two attached hydrogens (primary N) is 2. The number of benzene rings is 2. The number of carbonyl (C=O) groups excluding carboxylic acids is 1. The van der Waals surface area contributed by atoms with E-state index < -0.39 is 0 Å². The summed E-state index contributed by atoms with van der Waals surface area (Å²) in [5, 5.41) is 4.48. The highest BCUT2D eigenvalue weighted by atomic mass is 32.2. The Hall–Kier alpha value is -3.62. The molecule has 7 nitrogen and oxygen atoms in total. The molecule has 0 saturated carbocycles. The van der Waals surface area contributed by atoms with Gasteiger partial charge in [0, 0.05) is 18.0 Å². The van der Waals surface area contributed by atoms with Crippen molar-refractivity contribution < 1.29 is 9.53 Å². The monoisotopic (exact) mass is 549 g/mol. The first-order chi connectivity index (χ1) is 18.4. The SMILES string of the molecule is C=C(/C=C\C(=CC)/C(N)=C/N(N)c1cc(C(=O)Nc2cc(C(C)(C)C)cc(NSC)c2OC)ccc1C)CC. The highest BCUT2D eigenvalue weighted by molar-refractivity contribution is 7.99. The molecule has 0 spiro atoms. The molecular formula is C31H43N5O2S. The Morgan fingerprint density at radius 3 is 2.41 bits per heavy atom. The maximum atomic E-state index is 13.4. The number of rotatable bonds is 11. The molecule has 2 aromatic carbocycles. The van der Waals surface area contributed by atoms with Gasteiger partial charge < -0.3 is 20.5 Å². The predicted octanol–water partition coefficient (Wildman–Crippen LogP) is 7.19. The second kappa shape index (κ2) is 14.0. The molecule has 0 unspecified atom stereocenters. The van der Waals surface area contributed by atoms with Crippen LogP contribution in [-0.2, 0) is 5.41 Å². The lowest BCUT2D eigenvalue weighted by molar-refractivity contribution is 0.102. The summed E-state index contributed by atoms with van der Waals surface area (Å²) in [6, 6.07) is 9.38. The minimum Gasteiger partial charge on any atom is -0.492 e. The van der Waals surface area contributed by atoms with Gasteiger partial charge in [0.15, 0.2) is 5.75 Å². The summed E-state index contributed by atoms with van der Waals surface area (Å²) in [6.45, 7) is 16.3. The Kier molecular flexibility index (Phi) is 11.3. The van der Waals surface area contributed by atoms with Crippen LogP contribution in [0.25, 0.3) is 0 Å². The summed E-state index contributed by atoms with van der Waals surface area (Å²) in [5.41, 5.74) is 13.0. The van der Waals surface area contributed by atoms with Gasteiger partial charge in [-0.15, -0.1) is 0 Å². The van der Waals surface area contributed by atoms with Crippen LogP contribution in [0, 0.1) is 6.92 Å². The third-order valence-corrected chi connectivity index (χ3v) is 6.67. The molecule has 0 saturated heterocycles. The molecule has 39 heavy (non-hydrogen) atoms. The number of nitrogens with one attached hydrogen (secondary N) is 2. The molecule has 0 fully saturated rings. The summed E-state index contributed by atoms with van der Waals surface area (Å²) in [4.78, 5) is 13.4. The topological polar surface area (TPSA) is 106 Å². The van der Waals surface area contributed by atoms with Crippen molar-refractivity contribution in [3.05, 3.63) is 94.9 Å². The van der Waals surface area contributed by atoms with Gasteiger partial charge in [-0.1, -0.05) is 76.1 Å². The number of hydrogen-bond acceptors (Lipinski definition) is 7. The molecule has 0 aliphatic carbocycles. The van der Waals surface area contributed by atoms with E-state index in [0.29, 0.717) is 28.4 Å². The van der Waals surface area contributed by atoms with Crippen molar-refractivity contribution in [2.24, 2.45) is 11.6 Å². The van der Waals surface area contributed by atoms with Crippen LogP contribution in [0.2, 0.25) is 0 Å². The first kappa shape index (κ1) is 31.6. The van der Waals surface area contributed by atoms with E-state index in [1.165, 1.54) is 17.0 Å². The van der Waals surface area contributed by atoms with Crippen molar-refractivity contribution in [3.8, 4) is 5.75 Å². The van der Waals surface area contributed by atoms with Crippen molar-refractivity contribution in [1.29, 1.82) is 0 Å². The second-order valence-corrected chi connectivity index (χ2v) is 10.8. The number of allylic oxidation sites excluding steroid dienone is 4. The molecule has 0 heterocycles. The summed E-state index contributed by atoms with van der Waals surface area (Å²) in [6.07, 6.45) is 10.2. The van der Waals surface area contributed by atoms with Gasteiger partial charge >= 0.3 is 0 Å². The van der Waals surface area contributed by atoms with Crippen molar-refractivity contribution in [3.63, 3.8) is 0 Å². The second-order valence-electron chi connectivity index (χ2n) is 10.2. The molecule has 0 bridgehead atoms. The van der Waals surface area contributed by atoms with E-state index in [1.807, 2.05) is 63.5 Å². The lowest BCUT2D eigenvalue weighted by Gasteiger charge is -2.24. The quantitative estimate of drug-likeness (QED) is 0.102. The van der Waals surface area contributed by atoms with Crippen LogP contribution in [0.4, 0.5) is 17.1 Å². The van der Waals surface area contributed by atoms with Gasteiger partial charge in [0.25, 0.3) is 5.91 Å². The molecule has 210 valence electrons. The van der Waals surface area contributed by atoms with Crippen molar-refractivity contribution in [2.75, 3.05) is 28.4 Å². The van der Waals surface area contributed by atoms with E-state index in [9.17, 15) is 4.79 Å². The minimum absolute atomic E-state index is 0.130. The highest BCUT2D eigenvalue weighted by Crippen LogP contribution is 2.39. The number of hydrazine groups is 1. The number of amides is 1. The minimum atomic E-state index is -0.281. The number of anilines is 3. The fourth-order valence-corrected chi connectivity index (χ4v) is 4.13. The average Bonchev–Trinajstić information content (AvgIpc) is 2.88. The maximum Gasteiger partial charge on any atom is 0.255 e. The van der Waals surface area contributed by atoms with Crippen LogP contribution < -0.4 is 31.4 Å². The first-order valence-electron chi connectivity index (χ1n) is 12.8. The number of nitrogens with zero attached hydrogens (tertiary/aromatic N) is 1. The third kappa shape index (κ3) is 8.43. The van der Waals surface area contributed by atoms with Gasteiger partial charge in [-0.2, -0.15) is 0 Å². The Bertz CT molecular complexity index is 1290. The molecule has 6 N–H and O–H groups in total. The van der Waals surface area contributed by atoms with Crippen molar-refractivity contribution in [2.45, 2.75) is 53.4 Å². The van der Waals surface area contributed by atoms with E-state index in [4.69, 9.17) is 16.3 Å². The molecular weight excluding hydrogens is 506 g/mol. The molecule has 0 aliphatic heterocycles. The number of carbonyl (C=O) groups is 1. The molecule has 0 atom stereocenters. The number of ether oxygens (including phenoxy) is 1. The van der Waals surface area contributed by atoms with Gasteiger partial charge in [0.1, 0.15) is 0 Å². The Morgan fingerprint density at radius 1 is 1.18 bits per heavy atom. The number of methoxy groups -OCH3 is 1. The standard InChI is InChI=1S/C31H43N5O2S/c1-10-20(3)12-14-22(11-2)25(32)19-36(33)28-16-23(15-13-21(28)4)30(37)34-26-17-24(31(5,6)7)18-27(35-39-9)29(26)38-8/h11-19,35H,3,10,32-33H2,1-2,4-9H3,(H,34,37)/b14-12-,22-11?,25-19-. The zero-order valence-electron chi connectivity index (χ0n) is 24.4. The third-order valence-electron chi connectivity index (χ3n) is 6.24. The molecule has 2 aromatic rings. The summed E-state index contributed by atoms with van der Waals surface area (Å²) >= 11 is 1.46. The van der Waals surface area contributed by atoms with Crippen LogP contribution >= 0.6 is 11.9 Å². The van der Waals surface area contributed by atoms with Crippen LogP contribution in [0.15, 0.2) is 78.2 Å². The van der Waals surface area contributed by atoms with Crippen molar-refractivity contribution in [1.82, 2.24) is 0 Å². The van der Waals surface area contributed by atoms with E-state index in [0.717, 1.165) is 34.4 Å². The van der Waals surface area contributed by atoms with Gasteiger partial charge in [0.05, 0.1) is 29.9 Å². The lowest BCUT2D eigenvalue weighted by atomic mass is 9.86. The Morgan fingerprint density at radius 2 is 1.85 bits per heavy atom. The fraction of sp³-hybridized carbons (Fsp3) is 0.323. The van der Waals surface area contributed by atoms with E-state index in [-0.39, 0.29) is 11.3 Å². The first-order valence-corrected chi connectivity index (χ1v) is 14.1. The van der Waals surface area contributed by atoms with Gasteiger partial charge in [-0.05, 0) is 66.6 Å². The van der Waals surface area contributed by atoms with E-state index in [2.05, 4.69) is 37.4 Å². The molecule has 8 heteroatoms. The van der Waals surface area contributed by atoms with Gasteiger partial charge in [-0.25, -0.2) is 5.84 Å². The van der Waals surface area contributed by atoms with Gasteiger partial charge in [-0.3, -0.25) is 9.80 Å². The van der Waals surface area contributed by atoms with Crippen LogP contribution in [0.1, 0.15) is 62.5 Å². The largest absolute Gasteiger partial charge is 0.492 e. The van der Waals surface area contributed by atoms with Crippen molar-refractivity contribution >= 4 is 34.9 Å². The Balaban J connectivity index is 2.42. The number of aryl methyl sites for hydroxylation is 1. The molecule has 0 radical (unpaired) electrons. The summed E-state index contributed by atoms with van der Waals surface area (Å²) in [5.74, 6) is 6.69. The fourth-order valence-electron chi connectivity index (χ4n) is 3.76. The molecule has 0 aliphatic rings. The van der Waals surface area contributed by atoms with E-state index in [1.54, 1.807) is 25.4 Å². The van der Waals surface area contributed by atoms with Crippen LogP contribution in [-0.4, -0.2) is 19.3 Å². The number of hydrogen-bond donors (Lipinski definition) is 4. The smallest absolute Gasteiger partial charge is 0.255 e. The van der Waals surface area contributed by atoms with Crippen LogP contribution in [0.5, 0.6) is 5.75 Å². The normalized spacial score (nSPS) is 12.4. The average molecular weight is 550 g/mol. The summed E-state index contributed by atoms with van der Waals surface area (Å²) < 4.78 is 8.94. The molecule has 1 amide bonds. The van der Waals surface area contributed by atoms with E-state index >= 15 is 0 Å². The Labute approximate surface area is 238 Å². The summed E-state index contributed by atoms with van der Waals surface area (Å²) in [7, 11) is 1.59. The lowest BCUT2D eigenvalue weighted by Crippen LogP contribution is -2.27. The molecule has 0 aromatic heterocycles. The molecule has 2 rings (SSSR count).